The van der Waals surface area contributed by atoms with E-state index >= 15 is 0 Å². The minimum absolute atomic E-state index is 0.108. The normalized spacial score (nSPS) is 11.1. The molecule has 0 bridgehead atoms. The first-order chi connectivity index (χ1) is 9.13. The highest BCUT2D eigenvalue weighted by Crippen LogP contribution is 2.27. The fourth-order valence-electron chi connectivity index (χ4n) is 1.89. The zero-order valence-corrected chi connectivity index (χ0v) is 11.7. The van der Waals surface area contributed by atoms with E-state index in [-0.39, 0.29) is 12.2 Å². The summed E-state index contributed by atoms with van der Waals surface area (Å²) in [6.45, 7) is 0. The van der Waals surface area contributed by atoms with Crippen molar-refractivity contribution in [2.45, 2.75) is 6.42 Å². The van der Waals surface area contributed by atoms with E-state index in [0.29, 0.717) is 17.0 Å². The van der Waals surface area contributed by atoms with Crippen LogP contribution in [0, 0.1) is 0 Å². The van der Waals surface area contributed by atoms with Crippen molar-refractivity contribution in [1.82, 2.24) is 15.0 Å². The van der Waals surface area contributed by atoms with Crippen molar-refractivity contribution in [3.05, 3.63) is 46.4 Å². The van der Waals surface area contributed by atoms with Gasteiger partial charge in [0.25, 0.3) is 0 Å². The molecule has 0 atom stereocenters. The van der Waals surface area contributed by atoms with Crippen molar-refractivity contribution in [1.29, 1.82) is 0 Å². The van der Waals surface area contributed by atoms with Gasteiger partial charge in [0.15, 0.2) is 5.76 Å². The molecule has 96 valence electrons. The molecule has 19 heavy (non-hydrogen) atoms. The lowest BCUT2D eigenvalue weighted by atomic mass is 10.2. The second-order valence-electron chi connectivity index (χ2n) is 4.25. The number of carbonyl (C=O) groups is 1. The van der Waals surface area contributed by atoms with Crippen LogP contribution in [0.5, 0.6) is 0 Å². The van der Waals surface area contributed by atoms with Gasteiger partial charge < -0.3 is 4.42 Å². The van der Waals surface area contributed by atoms with Gasteiger partial charge in [-0.15, -0.1) is 5.10 Å². The second-order valence-corrected chi connectivity index (χ2v) is 5.11. The van der Waals surface area contributed by atoms with E-state index in [4.69, 9.17) is 4.42 Å². The highest BCUT2D eigenvalue weighted by molar-refractivity contribution is 9.10. The molecule has 0 saturated heterocycles. The summed E-state index contributed by atoms with van der Waals surface area (Å²) in [4.78, 5) is 12.1. The van der Waals surface area contributed by atoms with Crippen LogP contribution in [0.3, 0.4) is 0 Å². The van der Waals surface area contributed by atoms with Gasteiger partial charge in [0.1, 0.15) is 5.58 Å². The summed E-state index contributed by atoms with van der Waals surface area (Å²) in [6, 6.07) is 7.43. The van der Waals surface area contributed by atoms with Crippen LogP contribution in [-0.4, -0.2) is 20.8 Å². The van der Waals surface area contributed by atoms with Crippen LogP contribution in [0.2, 0.25) is 0 Å². The molecule has 0 aliphatic rings. The van der Waals surface area contributed by atoms with Crippen molar-refractivity contribution in [3.63, 3.8) is 0 Å². The van der Waals surface area contributed by atoms with E-state index in [1.165, 1.54) is 0 Å². The fourth-order valence-corrected chi connectivity index (χ4v) is 2.36. The third-order valence-electron chi connectivity index (χ3n) is 2.76. The van der Waals surface area contributed by atoms with Crippen molar-refractivity contribution in [3.8, 4) is 0 Å². The van der Waals surface area contributed by atoms with Crippen LogP contribution < -0.4 is 0 Å². The Labute approximate surface area is 117 Å². The molecular weight excluding hydrogens is 310 g/mol. The number of hydrogen-bond donors (Lipinski definition) is 0. The van der Waals surface area contributed by atoms with Gasteiger partial charge in [0, 0.05) is 18.6 Å². The lowest BCUT2D eigenvalue weighted by molar-refractivity contribution is 0.0967. The summed E-state index contributed by atoms with van der Waals surface area (Å²) in [5.74, 6) is 0.233. The summed E-state index contributed by atoms with van der Waals surface area (Å²) in [6.07, 6.45) is 1.90. The van der Waals surface area contributed by atoms with E-state index in [2.05, 4.69) is 26.2 Å². The van der Waals surface area contributed by atoms with Gasteiger partial charge in [-0.3, -0.25) is 9.48 Å². The zero-order chi connectivity index (χ0) is 13.4. The standard InChI is InChI=1S/C13H10BrN3O2/c1-17-7-9(15-16-17)6-11(18)12-5-8-3-2-4-10(14)13(8)19-12/h2-5,7H,6H2,1H3. The number of nitrogens with zero attached hydrogens (tertiary/aromatic N) is 3. The molecule has 0 fully saturated rings. The Morgan fingerprint density at radius 3 is 3.00 bits per heavy atom. The number of carbonyl (C=O) groups excluding carboxylic acids is 1. The summed E-state index contributed by atoms with van der Waals surface area (Å²) < 4.78 is 7.99. The van der Waals surface area contributed by atoms with Gasteiger partial charge in [-0.1, -0.05) is 17.3 Å². The molecule has 3 rings (SSSR count). The number of halogens is 1. The maximum Gasteiger partial charge on any atom is 0.204 e. The third kappa shape index (κ3) is 2.31. The van der Waals surface area contributed by atoms with Crippen LogP contribution in [0.25, 0.3) is 11.0 Å². The molecule has 0 aliphatic carbocycles. The summed E-state index contributed by atoms with van der Waals surface area (Å²) in [5, 5.41) is 8.59. The molecule has 0 aliphatic heterocycles. The third-order valence-corrected chi connectivity index (χ3v) is 3.39. The van der Waals surface area contributed by atoms with Gasteiger partial charge in [-0.2, -0.15) is 0 Å². The van der Waals surface area contributed by atoms with Gasteiger partial charge in [0.2, 0.25) is 5.78 Å². The van der Waals surface area contributed by atoms with Crippen LogP contribution in [0.1, 0.15) is 16.2 Å². The molecule has 5 nitrogen and oxygen atoms in total. The zero-order valence-electron chi connectivity index (χ0n) is 10.1. The quantitative estimate of drug-likeness (QED) is 0.696. The Kier molecular flexibility index (Phi) is 2.94. The number of furan rings is 1. The number of ketones is 1. The van der Waals surface area contributed by atoms with Crippen molar-refractivity contribution in [2.75, 3.05) is 0 Å². The number of fused-ring (bicyclic) bond motifs is 1. The number of benzene rings is 1. The molecule has 0 saturated carbocycles. The summed E-state index contributed by atoms with van der Waals surface area (Å²) in [5.41, 5.74) is 1.32. The number of aromatic nitrogens is 3. The highest BCUT2D eigenvalue weighted by Gasteiger charge is 2.15. The van der Waals surface area contributed by atoms with E-state index < -0.39 is 0 Å². The minimum atomic E-state index is -0.108. The van der Waals surface area contributed by atoms with E-state index in [9.17, 15) is 4.79 Å². The Bertz CT molecular complexity index is 760. The molecule has 1 aromatic carbocycles. The Hall–Kier alpha value is -1.95. The van der Waals surface area contributed by atoms with Crippen LogP contribution in [0.15, 0.2) is 39.4 Å². The maximum absolute atomic E-state index is 12.1. The number of aryl methyl sites for hydroxylation is 1. The molecule has 2 heterocycles. The van der Waals surface area contributed by atoms with Crippen LogP contribution >= 0.6 is 15.9 Å². The molecule has 0 unspecified atom stereocenters. The predicted molar refractivity (Wildman–Crippen MR) is 73.0 cm³/mol. The molecule has 0 spiro atoms. The van der Waals surface area contributed by atoms with E-state index in [0.717, 1.165) is 9.86 Å². The molecular formula is C13H10BrN3O2. The van der Waals surface area contributed by atoms with Gasteiger partial charge in [0.05, 0.1) is 16.6 Å². The van der Waals surface area contributed by atoms with Crippen molar-refractivity contribution < 1.29 is 9.21 Å². The van der Waals surface area contributed by atoms with Gasteiger partial charge >= 0.3 is 0 Å². The lowest BCUT2D eigenvalue weighted by Gasteiger charge is -1.93. The second kappa shape index (κ2) is 4.62. The average Bonchev–Trinajstić information content (AvgIpc) is 2.96. The predicted octanol–water partition coefficient (Wildman–Crippen LogP) is 2.75. The number of hydrogen-bond acceptors (Lipinski definition) is 4. The molecule has 3 aromatic rings. The van der Waals surface area contributed by atoms with Crippen LogP contribution in [0.4, 0.5) is 0 Å². The maximum atomic E-state index is 12.1. The largest absolute Gasteiger partial charge is 0.452 e. The number of para-hydroxylation sites is 1. The molecule has 0 amide bonds. The highest BCUT2D eigenvalue weighted by atomic mass is 79.9. The topological polar surface area (TPSA) is 60.9 Å². The SMILES string of the molecule is Cn1cc(CC(=O)c2cc3cccc(Br)c3o2)nn1. The molecule has 0 N–H and O–H groups in total. The monoisotopic (exact) mass is 319 g/mol. The first kappa shape index (κ1) is 12.1. The lowest BCUT2D eigenvalue weighted by Crippen LogP contribution is -2.02. The van der Waals surface area contributed by atoms with Crippen molar-refractivity contribution in [2.24, 2.45) is 7.05 Å². The van der Waals surface area contributed by atoms with E-state index in [1.807, 2.05) is 18.2 Å². The van der Waals surface area contributed by atoms with Crippen molar-refractivity contribution >= 4 is 32.7 Å². The minimum Gasteiger partial charge on any atom is -0.452 e. The Morgan fingerprint density at radius 2 is 2.32 bits per heavy atom. The Morgan fingerprint density at radius 1 is 1.47 bits per heavy atom. The first-order valence-corrected chi connectivity index (χ1v) is 6.49. The fraction of sp³-hybridized carbons (Fsp3) is 0.154. The smallest absolute Gasteiger partial charge is 0.204 e. The van der Waals surface area contributed by atoms with Gasteiger partial charge in [-0.05, 0) is 28.1 Å². The average molecular weight is 320 g/mol. The van der Waals surface area contributed by atoms with Gasteiger partial charge in [-0.25, -0.2) is 0 Å². The number of rotatable bonds is 3. The molecule has 6 heteroatoms. The summed E-state index contributed by atoms with van der Waals surface area (Å²) >= 11 is 3.40. The van der Waals surface area contributed by atoms with E-state index in [1.54, 1.807) is 24.0 Å². The Balaban J connectivity index is 1.91. The molecule has 2 aromatic heterocycles. The number of Topliss-reactive ketones (excluding diaryl/α,β-unsaturated/α-hetero) is 1. The molecule has 0 radical (unpaired) electrons. The summed E-state index contributed by atoms with van der Waals surface area (Å²) in [7, 11) is 1.76. The van der Waals surface area contributed by atoms with Crippen LogP contribution in [-0.2, 0) is 13.5 Å². The first-order valence-electron chi connectivity index (χ1n) is 5.70.